The van der Waals surface area contributed by atoms with E-state index in [9.17, 15) is 0 Å². The maximum Gasteiger partial charge on any atom is 0.164 e. The number of benzene rings is 7. The summed E-state index contributed by atoms with van der Waals surface area (Å²) in [5.41, 5.74) is 16.4. The summed E-state index contributed by atoms with van der Waals surface area (Å²) in [6.07, 6.45) is 4.39. The Morgan fingerprint density at radius 3 is 1.25 bits per heavy atom. The van der Waals surface area contributed by atoms with Crippen LogP contribution in [0.5, 0.6) is 0 Å². The van der Waals surface area contributed by atoms with Gasteiger partial charge in [-0.2, -0.15) is 0 Å². The quantitative estimate of drug-likeness (QED) is 0.160. The van der Waals surface area contributed by atoms with Crippen molar-refractivity contribution in [1.82, 2.24) is 32.9 Å². The molecule has 0 saturated heterocycles. The molecule has 7 aromatic carbocycles. The fourth-order valence-corrected chi connectivity index (χ4v) is 10.5. The van der Waals surface area contributed by atoms with Crippen molar-refractivity contribution in [2.75, 3.05) is 0 Å². The van der Waals surface area contributed by atoms with Crippen LogP contribution in [-0.4, -0.2) is 32.9 Å². The first-order valence-electron chi connectivity index (χ1n) is 23.0. The smallest absolute Gasteiger partial charge is 0.164 e. The standard InChI is InChI=1S/C61H39N7/c1-5-20-40(21-6-1)53-51-32-15-17-36-65(51)60-55(53)47-30-13-14-31-49(47)68(60)46-34-35-50-48(39-46)56-54(41-22-7-2-8-23-41)52-33-16-18-37-66(52)61(56)67(50)45-29-19-28-44(38-45)59-63-57(42-24-9-3-10-25-42)62-58(64-59)43-26-11-4-12-27-43/h1-39H. The SMILES string of the molecule is c1ccc(-c2nc(-c3ccccc3)nc(-c3cccc(-n4c5ccc(-n6c7ccccc7c7c(-c8ccccc8)c8ccccn8c76)cc5c5c(-c6ccccc6)c6ccccn6c54)c3)n2)cc1. The number of rotatable bonds is 7. The molecule has 0 radical (unpaired) electrons. The van der Waals surface area contributed by atoms with Gasteiger partial charge in [0.05, 0.1) is 22.1 Å². The Bertz CT molecular complexity index is 4170. The van der Waals surface area contributed by atoms with Crippen molar-refractivity contribution in [1.29, 1.82) is 0 Å². The number of para-hydroxylation sites is 1. The maximum atomic E-state index is 5.13. The van der Waals surface area contributed by atoms with Crippen molar-refractivity contribution in [2.24, 2.45) is 0 Å². The summed E-state index contributed by atoms with van der Waals surface area (Å²) >= 11 is 0. The van der Waals surface area contributed by atoms with Gasteiger partial charge in [0.1, 0.15) is 11.3 Å². The minimum absolute atomic E-state index is 0.609. The molecule has 0 unspecified atom stereocenters. The third-order valence-electron chi connectivity index (χ3n) is 13.4. The molecule has 7 heteroatoms. The third-order valence-corrected chi connectivity index (χ3v) is 13.4. The molecule has 14 rings (SSSR count). The lowest BCUT2D eigenvalue weighted by molar-refractivity contribution is 1.07. The van der Waals surface area contributed by atoms with E-state index in [0.717, 1.165) is 66.9 Å². The molecule has 0 aliphatic carbocycles. The van der Waals surface area contributed by atoms with Crippen molar-refractivity contribution in [3.63, 3.8) is 0 Å². The summed E-state index contributed by atoms with van der Waals surface area (Å²) in [6, 6.07) is 79.4. The van der Waals surface area contributed by atoms with Crippen LogP contribution in [0, 0.1) is 0 Å². The van der Waals surface area contributed by atoms with Crippen LogP contribution < -0.4 is 0 Å². The average Bonchev–Trinajstić information content (AvgIpc) is 4.14. The van der Waals surface area contributed by atoms with E-state index in [2.05, 4.69) is 194 Å². The maximum absolute atomic E-state index is 5.13. The van der Waals surface area contributed by atoms with Gasteiger partial charge in [-0.3, -0.25) is 9.13 Å². The molecule has 0 spiro atoms. The van der Waals surface area contributed by atoms with Crippen molar-refractivity contribution in [3.8, 4) is 67.8 Å². The number of nitrogens with zero attached hydrogens (tertiary/aromatic N) is 7. The second kappa shape index (κ2) is 15.1. The van der Waals surface area contributed by atoms with Gasteiger partial charge in [-0.1, -0.05) is 164 Å². The van der Waals surface area contributed by atoms with Gasteiger partial charge in [-0.25, -0.2) is 15.0 Å². The molecule has 318 valence electrons. The van der Waals surface area contributed by atoms with E-state index in [-0.39, 0.29) is 0 Å². The van der Waals surface area contributed by atoms with E-state index >= 15 is 0 Å². The molecule has 68 heavy (non-hydrogen) atoms. The highest BCUT2D eigenvalue weighted by molar-refractivity contribution is 6.22. The second-order valence-corrected chi connectivity index (χ2v) is 17.3. The molecule has 0 aliphatic heterocycles. The van der Waals surface area contributed by atoms with Gasteiger partial charge in [0.15, 0.2) is 17.5 Å². The number of aromatic nitrogens is 7. The summed E-state index contributed by atoms with van der Waals surface area (Å²) in [6.45, 7) is 0. The van der Waals surface area contributed by atoms with Gasteiger partial charge >= 0.3 is 0 Å². The van der Waals surface area contributed by atoms with Crippen molar-refractivity contribution in [3.05, 3.63) is 237 Å². The predicted octanol–water partition coefficient (Wildman–Crippen LogP) is 14.9. The Labute approximate surface area is 390 Å². The largest absolute Gasteiger partial charge is 0.302 e. The number of hydrogen-bond donors (Lipinski definition) is 0. The van der Waals surface area contributed by atoms with E-state index in [1.807, 2.05) is 60.7 Å². The van der Waals surface area contributed by atoms with E-state index in [1.165, 1.54) is 38.4 Å². The van der Waals surface area contributed by atoms with E-state index in [4.69, 9.17) is 15.0 Å². The predicted molar refractivity (Wildman–Crippen MR) is 278 cm³/mol. The Morgan fingerprint density at radius 2 is 0.691 bits per heavy atom. The van der Waals surface area contributed by atoms with Gasteiger partial charge < -0.3 is 8.80 Å². The van der Waals surface area contributed by atoms with Gasteiger partial charge in [0, 0.05) is 73.1 Å². The fraction of sp³-hybridized carbons (Fsp3) is 0. The molecule has 7 nitrogen and oxygen atoms in total. The van der Waals surface area contributed by atoms with Crippen molar-refractivity contribution >= 4 is 54.9 Å². The average molecular weight is 870 g/mol. The van der Waals surface area contributed by atoms with Gasteiger partial charge in [-0.05, 0) is 71.8 Å². The summed E-state index contributed by atoms with van der Waals surface area (Å²) in [7, 11) is 0. The lowest BCUT2D eigenvalue weighted by atomic mass is 10.0. The molecule has 7 aromatic heterocycles. The van der Waals surface area contributed by atoms with Crippen LogP contribution in [0.25, 0.3) is 123 Å². The first-order valence-corrected chi connectivity index (χ1v) is 23.0. The lowest BCUT2D eigenvalue weighted by Gasteiger charge is -2.13. The highest BCUT2D eigenvalue weighted by atomic mass is 15.1. The molecular weight excluding hydrogens is 831 g/mol. The normalized spacial score (nSPS) is 11.8. The summed E-state index contributed by atoms with van der Waals surface area (Å²) in [5.74, 6) is 1.87. The van der Waals surface area contributed by atoms with Crippen molar-refractivity contribution in [2.45, 2.75) is 0 Å². The topological polar surface area (TPSA) is 57.3 Å². The van der Waals surface area contributed by atoms with E-state index in [1.54, 1.807) is 0 Å². The molecule has 7 heterocycles. The first kappa shape index (κ1) is 38.0. The minimum Gasteiger partial charge on any atom is -0.302 e. The van der Waals surface area contributed by atoms with Crippen molar-refractivity contribution < 1.29 is 0 Å². The monoisotopic (exact) mass is 869 g/mol. The Kier molecular flexibility index (Phi) is 8.45. The van der Waals surface area contributed by atoms with Gasteiger partial charge in [0.2, 0.25) is 0 Å². The Balaban J connectivity index is 1.06. The Morgan fingerprint density at radius 1 is 0.279 bits per heavy atom. The van der Waals surface area contributed by atoms with Crippen LogP contribution in [-0.2, 0) is 0 Å². The summed E-state index contributed by atoms with van der Waals surface area (Å²) in [4.78, 5) is 15.2. The zero-order valence-corrected chi connectivity index (χ0v) is 36.6. The van der Waals surface area contributed by atoms with Crippen LogP contribution in [0.3, 0.4) is 0 Å². The molecule has 0 saturated carbocycles. The number of fused-ring (bicyclic) bond motifs is 10. The van der Waals surface area contributed by atoms with Crippen LogP contribution in [0.2, 0.25) is 0 Å². The van der Waals surface area contributed by atoms with E-state index < -0.39 is 0 Å². The second-order valence-electron chi connectivity index (χ2n) is 17.3. The highest BCUT2D eigenvalue weighted by Gasteiger charge is 2.26. The van der Waals surface area contributed by atoms with Gasteiger partial charge in [-0.15, -0.1) is 0 Å². The van der Waals surface area contributed by atoms with E-state index in [0.29, 0.717) is 17.5 Å². The third kappa shape index (κ3) is 5.76. The Hall–Kier alpha value is -9.33. The zero-order chi connectivity index (χ0) is 44.7. The van der Waals surface area contributed by atoms with Crippen LogP contribution in [0.1, 0.15) is 0 Å². The molecular formula is C61H39N7. The fourth-order valence-electron chi connectivity index (χ4n) is 10.5. The molecule has 0 atom stereocenters. The van der Waals surface area contributed by atoms with Crippen LogP contribution in [0.4, 0.5) is 0 Å². The first-order chi connectivity index (χ1) is 33.8. The molecule has 14 aromatic rings. The minimum atomic E-state index is 0.609. The van der Waals surface area contributed by atoms with Crippen LogP contribution >= 0.6 is 0 Å². The van der Waals surface area contributed by atoms with Crippen LogP contribution in [0.15, 0.2) is 237 Å². The molecule has 0 fully saturated rings. The molecule has 0 N–H and O–H groups in total. The number of hydrogen-bond acceptors (Lipinski definition) is 3. The highest BCUT2D eigenvalue weighted by Crippen LogP contribution is 2.46. The summed E-state index contributed by atoms with van der Waals surface area (Å²) in [5, 5.41) is 4.79. The molecule has 0 aliphatic rings. The summed E-state index contributed by atoms with van der Waals surface area (Å²) < 4.78 is 9.59. The lowest BCUT2D eigenvalue weighted by Crippen LogP contribution is -2.02. The zero-order valence-electron chi connectivity index (χ0n) is 36.6. The molecule has 0 bridgehead atoms. The molecule has 0 amide bonds. The number of pyridine rings is 2. The van der Waals surface area contributed by atoms with Gasteiger partial charge in [0.25, 0.3) is 0 Å².